The van der Waals surface area contributed by atoms with Gasteiger partial charge in [-0.2, -0.15) is 24.4 Å². The number of anilines is 2. The smallest absolute Gasteiger partial charge is 0.223 e. The van der Waals surface area contributed by atoms with Gasteiger partial charge in [0.2, 0.25) is 23.3 Å². The van der Waals surface area contributed by atoms with Gasteiger partial charge in [-0.05, 0) is 56.1 Å². The normalized spacial score (nSPS) is 11.1. The van der Waals surface area contributed by atoms with Crippen molar-refractivity contribution in [3.8, 4) is 0 Å². The molecule has 0 aliphatic heterocycles. The molecule has 0 aromatic carbocycles. The molecule has 6 heterocycles. The monoisotopic (exact) mass is 760 g/mol. The first-order valence-electron chi connectivity index (χ1n) is 13.6. The van der Waals surface area contributed by atoms with Gasteiger partial charge in [0.15, 0.2) is 28.8 Å². The molecular weight excluding hydrogens is 728 g/mol. The van der Waals surface area contributed by atoms with E-state index in [-0.39, 0.29) is 24.5 Å². The molecule has 6 aromatic heterocycles. The maximum atomic E-state index is 12.3. The fourth-order valence-corrected chi connectivity index (χ4v) is 7.50. The zero-order valence-corrected chi connectivity index (χ0v) is 29.7. The number of hydrogen-bond acceptors (Lipinski definition) is 12. The van der Waals surface area contributed by atoms with Crippen molar-refractivity contribution >= 4 is 85.3 Å². The van der Waals surface area contributed by atoms with Gasteiger partial charge in [0.25, 0.3) is 0 Å². The van der Waals surface area contributed by atoms with Crippen LogP contribution in [0.1, 0.15) is 41.1 Å². The predicted octanol–water partition coefficient (Wildman–Crippen LogP) is 4.91. The molecule has 0 saturated heterocycles. The first-order chi connectivity index (χ1) is 21.8. The summed E-state index contributed by atoms with van der Waals surface area (Å²) in [5, 5.41) is 24.8. The van der Waals surface area contributed by atoms with E-state index in [9.17, 15) is 10.4 Å². The van der Waals surface area contributed by atoms with Crippen LogP contribution in [0.25, 0.3) is 22.3 Å². The summed E-state index contributed by atoms with van der Waals surface area (Å²) in [6.07, 6.45) is 10.4. The Morgan fingerprint density at radius 2 is 1.19 bits per heavy atom. The number of nitrogen functional groups attached to an aromatic ring is 2. The number of nitrogens with two attached hydrogens (primary N) is 2. The lowest BCUT2D eigenvalue weighted by Gasteiger charge is -2.13. The van der Waals surface area contributed by atoms with E-state index in [1.807, 2.05) is 40.2 Å². The summed E-state index contributed by atoms with van der Waals surface area (Å²) in [5.41, 5.74) is 18.7. The molecule has 0 aliphatic rings. The van der Waals surface area contributed by atoms with Crippen molar-refractivity contribution in [2.45, 2.75) is 58.0 Å². The van der Waals surface area contributed by atoms with Gasteiger partial charge in [-0.25, -0.2) is 15.0 Å². The lowest BCUT2D eigenvalue weighted by Crippen LogP contribution is -2.34. The largest absolute Gasteiger partial charge is 0.618 e. The third kappa shape index (κ3) is 7.02. The molecule has 47 heavy (non-hydrogen) atoms. The second kappa shape index (κ2) is 14.5. The van der Waals surface area contributed by atoms with Crippen molar-refractivity contribution in [3.63, 3.8) is 0 Å². The number of halogens is 2. The Bertz CT molecular complexity index is 1970. The van der Waals surface area contributed by atoms with E-state index in [1.165, 1.54) is 0 Å². The van der Waals surface area contributed by atoms with Gasteiger partial charge in [0.05, 0.1) is 12.7 Å². The van der Waals surface area contributed by atoms with Gasteiger partial charge in [-0.15, -0.1) is 23.5 Å². The molecule has 248 valence electrons. The zero-order chi connectivity index (χ0) is 33.4. The second-order valence-electron chi connectivity index (χ2n) is 10.3. The van der Waals surface area contributed by atoms with Crippen LogP contribution in [-0.2, 0) is 13.1 Å². The number of fused-ring (bicyclic) bond motifs is 2. The molecule has 0 bridgehead atoms. The number of nitrogens with zero attached hydrogens (tertiary/aromatic N) is 10. The average Bonchev–Trinajstić information content (AvgIpc) is 3.58. The van der Waals surface area contributed by atoms with Gasteiger partial charge in [0, 0.05) is 32.0 Å². The van der Waals surface area contributed by atoms with Crippen LogP contribution in [0, 0.1) is 38.1 Å². The van der Waals surface area contributed by atoms with Gasteiger partial charge >= 0.3 is 0 Å². The molecular formula is C29H34BrClN12O2S2. The third-order valence-corrected chi connectivity index (χ3v) is 10.2. The third-order valence-electron chi connectivity index (χ3n) is 7.34. The van der Waals surface area contributed by atoms with Crippen LogP contribution in [0.2, 0.25) is 5.15 Å². The molecule has 14 nitrogen and oxygen atoms in total. The Morgan fingerprint density at radius 1 is 0.766 bits per heavy atom. The Hall–Kier alpha value is -3.93. The van der Waals surface area contributed by atoms with Crippen molar-refractivity contribution in [1.82, 2.24) is 39.0 Å². The maximum absolute atomic E-state index is 12.3. The second-order valence-corrected chi connectivity index (χ2v) is 13.1. The highest BCUT2D eigenvalue weighted by Crippen LogP contribution is 2.28. The van der Waals surface area contributed by atoms with Gasteiger partial charge < -0.3 is 31.0 Å². The van der Waals surface area contributed by atoms with Crippen molar-refractivity contribution in [3.05, 3.63) is 78.9 Å². The van der Waals surface area contributed by atoms with Crippen LogP contribution in [0.15, 0.2) is 39.4 Å². The first kappa shape index (κ1) is 35.9. The SMILES string of the molecule is C.CSc1c(C)c[n+]([O-])c(Cn2cnc3c(Br)nc(N)nc32)c1C.CSc1c(C)c[n+]([O-])c(Cn2cnc3c(Cl)nc(N)nc32)c1C. The summed E-state index contributed by atoms with van der Waals surface area (Å²) in [4.78, 5) is 27.0. The van der Waals surface area contributed by atoms with Crippen molar-refractivity contribution < 1.29 is 9.46 Å². The topological polar surface area (TPSA) is 193 Å². The lowest BCUT2D eigenvalue weighted by atomic mass is 10.1. The highest BCUT2D eigenvalue weighted by Gasteiger charge is 2.21. The van der Waals surface area contributed by atoms with E-state index < -0.39 is 0 Å². The summed E-state index contributed by atoms with van der Waals surface area (Å²) in [6.45, 7) is 8.46. The molecule has 0 spiro atoms. The van der Waals surface area contributed by atoms with Gasteiger partial charge in [-0.3, -0.25) is 0 Å². The molecule has 0 saturated carbocycles. The standard InChI is InChI=1S/C14H15BrN6OS.C14H15ClN6OS.CH4/c2*1-7-4-21(22)9(8(2)11(7)23-3)5-20-6-17-10-12(15)18-14(16)19-13(10)20;/h2*4,6H,5H2,1-3H3,(H2,16,18,19);1H4. The summed E-state index contributed by atoms with van der Waals surface area (Å²) in [5.74, 6) is 0.233. The van der Waals surface area contributed by atoms with Crippen LogP contribution >= 0.6 is 51.1 Å². The van der Waals surface area contributed by atoms with E-state index in [0.29, 0.717) is 51.4 Å². The average molecular weight is 762 g/mol. The quantitative estimate of drug-likeness (QED) is 0.101. The maximum Gasteiger partial charge on any atom is 0.223 e. The number of pyridine rings is 2. The fourth-order valence-electron chi connectivity index (χ4n) is 5.22. The van der Waals surface area contributed by atoms with E-state index in [1.54, 1.807) is 57.7 Å². The van der Waals surface area contributed by atoms with E-state index in [2.05, 4.69) is 45.8 Å². The molecule has 0 radical (unpaired) electrons. The highest BCUT2D eigenvalue weighted by atomic mass is 79.9. The van der Waals surface area contributed by atoms with Gasteiger partial charge in [-0.1, -0.05) is 19.0 Å². The van der Waals surface area contributed by atoms with Crippen molar-refractivity contribution in [2.24, 2.45) is 0 Å². The number of thioether (sulfide) groups is 2. The molecule has 0 aliphatic carbocycles. The summed E-state index contributed by atoms with van der Waals surface area (Å²) in [6, 6.07) is 0. The number of imidazole rings is 2. The lowest BCUT2D eigenvalue weighted by molar-refractivity contribution is -0.615. The summed E-state index contributed by atoms with van der Waals surface area (Å²) < 4.78 is 5.89. The van der Waals surface area contributed by atoms with E-state index >= 15 is 0 Å². The van der Waals surface area contributed by atoms with E-state index in [4.69, 9.17) is 23.1 Å². The minimum Gasteiger partial charge on any atom is -0.618 e. The molecule has 6 aromatic rings. The van der Waals surface area contributed by atoms with Crippen LogP contribution in [0.5, 0.6) is 0 Å². The minimum absolute atomic E-state index is 0. The van der Waals surface area contributed by atoms with Crippen LogP contribution in [0.4, 0.5) is 11.9 Å². The summed E-state index contributed by atoms with van der Waals surface area (Å²) in [7, 11) is 0. The molecule has 4 N–H and O–H groups in total. The Balaban J connectivity index is 0.000000208. The Labute approximate surface area is 293 Å². The Morgan fingerprint density at radius 3 is 1.66 bits per heavy atom. The molecule has 6 rings (SSSR count). The predicted molar refractivity (Wildman–Crippen MR) is 190 cm³/mol. The number of rotatable bonds is 6. The van der Waals surface area contributed by atoms with E-state index in [0.717, 1.165) is 41.5 Å². The first-order valence-corrected chi connectivity index (χ1v) is 17.3. The zero-order valence-electron chi connectivity index (χ0n) is 25.7. The van der Waals surface area contributed by atoms with Gasteiger partial charge in [0.1, 0.15) is 28.7 Å². The van der Waals surface area contributed by atoms with Crippen LogP contribution in [0.3, 0.4) is 0 Å². The van der Waals surface area contributed by atoms with Crippen molar-refractivity contribution in [2.75, 3.05) is 24.0 Å². The number of aryl methyl sites for hydroxylation is 2. The minimum atomic E-state index is 0. The molecule has 0 fully saturated rings. The molecule has 0 amide bonds. The molecule has 0 atom stereocenters. The molecule has 18 heteroatoms. The van der Waals surface area contributed by atoms with Crippen LogP contribution in [-0.4, -0.2) is 51.5 Å². The fraction of sp³-hybridized carbons (Fsp3) is 0.310. The Kier molecular flexibility index (Phi) is 11.0. The van der Waals surface area contributed by atoms with Crippen LogP contribution < -0.4 is 20.9 Å². The van der Waals surface area contributed by atoms with Crippen molar-refractivity contribution in [1.29, 1.82) is 0 Å². The number of hydrogen-bond donors (Lipinski definition) is 2. The number of aromatic nitrogens is 10. The molecule has 0 unspecified atom stereocenters. The highest BCUT2D eigenvalue weighted by molar-refractivity contribution is 9.10. The summed E-state index contributed by atoms with van der Waals surface area (Å²) >= 11 is 12.6.